The number of hydrogen-bond acceptors (Lipinski definition) is 5. The molecule has 0 bridgehead atoms. The minimum absolute atomic E-state index is 0.204. The number of nitrogens with one attached hydrogen (secondary N) is 1. The summed E-state index contributed by atoms with van der Waals surface area (Å²) in [6.45, 7) is 0.896. The Kier molecular flexibility index (Phi) is 6.80. The number of carbonyl (C=O) groups is 2. The summed E-state index contributed by atoms with van der Waals surface area (Å²) in [4.78, 5) is 23.0. The molecule has 0 fully saturated rings. The second kappa shape index (κ2) is 7.69. The highest BCUT2D eigenvalue weighted by atomic mass is 127. The Balaban J connectivity index is 2.91. The molecule has 0 aliphatic heterocycles. The summed E-state index contributed by atoms with van der Waals surface area (Å²) >= 11 is 3.95. The molecule has 0 spiro atoms. The maximum Gasteiger partial charge on any atom is 0.339 e. The van der Waals surface area contributed by atoms with Gasteiger partial charge in [-0.05, 0) is 57.3 Å². The fourth-order valence-electron chi connectivity index (χ4n) is 1.31. The zero-order chi connectivity index (χ0) is 16.2. The summed E-state index contributed by atoms with van der Waals surface area (Å²) < 4.78 is 35.8. The molecule has 0 saturated heterocycles. The number of ether oxygens (including phenoxy) is 1. The minimum atomic E-state index is -4.18. The highest BCUT2D eigenvalue weighted by Gasteiger charge is 2.16. The van der Waals surface area contributed by atoms with Crippen molar-refractivity contribution in [3.05, 3.63) is 24.8 Å². The number of hydrogen-bond donors (Lipinski definition) is 2. The van der Waals surface area contributed by atoms with Crippen LogP contribution in [0.25, 0.3) is 0 Å². The van der Waals surface area contributed by atoms with E-state index in [1.54, 1.807) is 6.07 Å². The summed E-state index contributed by atoms with van der Waals surface area (Å²) in [5.41, 5.74) is 0.667. The molecule has 21 heavy (non-hydrogen) atoms. The summed E-state index contributed by atoms with van der Waals surface area (Å²) in [5, 5.41) is 2.58. The van der Waals surface area contributed by atoms with Crippen LogP contribution in [-0.2, 0) is 19.6 Å². The van der Waals surface area contributed by atoms with Crippen LogP contribution in [0.1, 0.15) is 17.3 Å². The first-order valence-electron chi connectivity index (χ1n) is 5.49. The lowest BCUT2D eigenvalue weighted by Gasteiger charge is -2.10. The molecule has 7 nitrogen and oxygen atoms in total. The monoisotopic (exact) mass is 539 g/mol. The molecule has 1 aromatic rings. The molecule has 10 heteroatoms. The summed E-state index contributed by atoms with van der Waals surface area (Å²) in [7, 11) is -4.18. The van der Waals surface area contributed by atoms with Gasteiger partial charge in [0.05, 0.1) is 11.3 Å². The lowest BCUT2D eigenvalue weighted by atomic mass is 10.2. The number of esters is 1. The van der Waals surface area contributed by atoms with Crippen LogP contribution in [0.3, 0.4) is 0 Å². The van der Waals surface area contributed by atoms with Crippen molar-refractivity contribution >= 4 is 72.9 Å². The van der Waals surface area contributed by atoms with Crippen molar-refractivity contribution in [1.29, 1.82) is 0 Å². The number of rotatable bonds is 5. The van der Waals surface area contributed by atoms with Crippen LogP contribution in [0, 0.1) is 7.14 Å². The lowest BCUT2D eigenvalue weighted by molar-refractivity contribution is -0.114. The number of anilines is 1. The molecule has 0 aliphatic carbocycles. The van der Waals surface area contributed by atoms with Gasteiger partial charge in [0.2, 0.25) is 5.91 Å². The normalized spacial score (nSPS) is 11.0. The highest BCUT2D eigenvalue weighted by molar-refractivity contribution is 14.1. The van der Waals surface area contributed by atoms with Gasteiger partial charge in [-0.2, -0.15) is 8.42 Å². The Hall–Kier alpha value is -0.470. The molecule has 116 valence electrons. The Labute approximate surface area is 148 Å². The van der Waals surface area contributed by atoms with Gasteiger partial charge in [-0.15, -0.1) is 0 Å². The van der Waals surface area contributed by atoms with Gasteiger partial charge >= 0.3 is 5.97 Å². The second-order valence-corrected chi connectivity index (χ2v) is 7.81. The molecule has 0 aliphatic rings. The van der Waals surface area contributed by atoms with E-state index in [2.05, 4.69) is 5.32 Å². The van der Waals surface area contributed by atoms with Gasteiger partial charge in [0.1, 0.15) is 12.4 Å². The molecular formula is C11H11I2NO6S. The van der Waals surface area contributed by atoms with Crippen LogP contribution < -0.4 is 5.32 Å². The van der Waals surface area contributed by atoms with Crippen molar-refractivity contribution in [3.63, 3.8) is 0 Å². The van der Waals surface area contributed by atoms with E-state index >= 15 is 0 Å². The highest BCUT2D eigenvalue weighted by Crippen LogP contribution is 2.25. The number of carbonyl (C=O) groups excluding carboxylic acids is 2. The quantitative estimate of drug-likeness (QED) is 0.337. The third-order valence-electron chi connectivity index (χ3n) is 2.16. The van der Waals surface area contributed by atoms with E-state index in [1.165, 1.54) is 13.0 Å². The smallest absolute Gasteiger partial charge is 0.339 e. The van der Waals surface area contributed by atoms with Crippen LogP contribution in [0.15, 0.2) is 12.1 Å². The van der Waals surface area contributed by atoms with Crippen molar-refractivity contribution in [2.24, 2.45) is 0 Å². The average molecular weight is 539 g/mol. The maximum atomic E-state index is 11.9. The predicted octanol–water partition coefficient (Wildman–Crippen LogP) is 1.90. The Morgan fingerprint density at radius 1 is 1.29 bits per heavy atom. The van der Waals surface area contributed by atoms with Crippen molar-refractivity contribution in [2.75, 3.05) is 17.7 Å². The molecule has 0 heterocycles. The number of halogens is 2. The average Bonchev–Trinajstić information content (AvgIpc) is 2.30. The first-order valence-corrected chi connectivity index (χ1v) is 9.25. The van der Waals surface area contributed by atoms with E-state index in [1.807, 2.05) is 45.2 Å². The molecule has 0 radical (unpaired) electrons. The SMILES string of the molecule is CC(=O)Nc1cc(C(=O)OCCS(=O)(=O)O)c(I)cc1I. The zero-order valence-corrected chi connectivity index (χ0v) is 15.9. The van der Waals surface area contributed by atoms with Crippen molar-refractivity contribution in [3.8, 4) is 0 Å². The van der Waals surface area contributed by atoms with E-state index < -0.39 is 28.4 Å². The Morgan fingerprint density at radius 3 is 2.43 bits per heavy atom. The van der Waals surface area contributed by atoms with Gasteiger partial charge in [0, 0.05) is 14.1 Å². The van der Waals surface area contributed by atoms with Crippen molar-refractivity contribution in [2.45, 2.75) is 6.92 Å². The molecule has 1 aromatic carbocycles. The molecule has 0 unspecified atom stereocenters. The van der Waals surface area contributed by atoms with Gasteiger partial charge in [0.25, 0.3) is 10.1 Å². The summed E-state index contributed by atoms with van der Waals surface area (Å²) in [5.74, 6) is -1.68. The fraction of sp³-hybridized carbons (Fsp3) is 0.273. The van der Waals surface area contributed by atoms with Crippen LogP contribution in [-0.4, -0.2) is 37.2 Å². The summed E-state index contributed by atoms with van der Waals surface area (Å²) in [6.07, 6.45) is 0. The maximum absolute atomic E-state index is 11.9. The Morgan fingerprint density at radius 2 is 1.90 bits per heavy atom. The molecule has 0 saturated carbocycles. The molecule has 2 N–H and O–H groups in total. The summed E-state index contributed by atoms with van der Waals surface area (Å²) in [6, 6.07) is 3.15. The third-order valence-corrected chi connectivity index (χ3v) is 4.63. The molecule has 1 rings (SSSR count). The van der Waals surface area contributed by atoms with E-state index in [0.717, 1.165) is 3.57 Å². The van der Waals surface area contributed by atoms with Crippen LogP contribution in [0.4, 0.5) is 5.69 Å². The number of benzene rings is 1. The van der Waals surface area contributed by atoms with E-state index in [-0.39, 0.29) is 11.5 Å². The lowest BCUT2D eigenvalue weighted by Crippen LogP contribution is -2.16. The third kappa shape index (κ3) is 6.44. The topological polar surface area (TPSA) is 110 Å². The second-order valence-electron chi connectivity index (χ2n) is 3.92. The fourth-order valence-corrected chi connectivity index (χ4v) is 3.49. The first kappa shape index (κ1) is 18.6. The van der Waals surface area contributed by atoms with E-state index in [9.17, 15) is 18.0 Å². The van der Waals surface area contributed by atoms with E-state index in [4.69, 9.17) is 9.29 Å². The minimum Gasteiger partial charge on any atom is -0.461 e. The van der Waals surface area contributed by atoms with Gasteiger partial charge in [-0.1, -0.05) is 0 Å². The van der Waals surface area contributed by atoms with Gasteiger partial charge < -0.3 is 10.1 Å². The van der Waals surface area contributed by atoms with Crippen LogP contribution in [0.5, 0.6) is 0 Å². The predicted molar refractivity (Wildman–Crippen MR) is 92.9 cm³/mol. The standard InChI is InChI=1S/C11H11I2NO6S/c1-6(15)14-10-4-7(8(12)5-9(10)13)11(16)20-2-3-21(17,18)19/h4-5H,2-3H2,1H3,(H,14,15)(H,17,18,19). The van der Waals surface area contributed by atoms with Gasteiger partial charge in [-0.25, -0.2) is 4.79 Å². The van der Waals surface area contributed by atoms with Crippen molar-refractivity contribution in [1.82, 2.24) is 0 Å². The first-order chi connectivity index (χ1) is 9.60. The zero-order valence-electron chi connectivity index (χ0n) is 10.7. The van der Waals surface area contributed by atoms with E-state index in [0.29, 0.717) is 9.26 Å². The molecule has 0 aromatic heterocycles. The van der Waals surface area contributed by atoms with Crippen molar-refractivity contribution < 1.29 is 27.3 Å². The van der Waals surface area contributed by atoms with Crippen LogP contribution >= 0.6 is 45.2 Å². The Bertz CT molecular complexity index is 674. The molecule has 0 atom stereocenters. The molecular weight excluding hydrogens is 528 g/mol. The van der Waals surface area contributed by atoms with Gasteiger partial charge in [0.15, 0.2) is 0 Å². The molecule has 1 amide bonds. The largest absolute Gasteiger partial charge is 0.461 e. The van der Waals surface area contributed by atoms with Crippen LogP contribution in [0.2, 0.25) is 0 Å². The van der Waals surface area contributed by atoms with Gasteiger partial charge in [-0.3, -0.25) is 9.35 Å². The number of amides is 1.